The maximum Gasteiger partial charge on any atom is 0.269 e. The minimum atomic E-state index is -0.0232. The minimum Gasteiger partial charge on any atom is -0.351 e. The summed E-state index contributed by atoms with van der Waals surface area (Å²) in [4.78, 5) is 16.8. The van der Waals surface area contributed by atoms with Gasteiger partial charge >= 0.3 is 0 Å². The van der Waals surface area contributed by atoms with Crippen LogP contribution in [-0.2, 0) is 0 Å². The third-order valence-electron chi connectivity index (χ3n) is 2.38. The number of fused-ring (bicyclic) bond motifs is 1. The minimum absolute atomic E-state index is 0.0232. The molecule has 5 heteroatoms. The first kappa shape index (κ1) is 11.1. The first-order valence-corrected chi connectivity index (χ1v) is 6.25. The highest BCUT2D eigenvalue weighted by molar-refractivity contribution is 7.15. The topological polar surface area (TPSA) is 46.4 Å². The van der Waals surface area contributed by atoms with Crippen molar-refractivity contribution in [3.05, 3.63) is 23.5 Å². The van der Waals surface area contributed by atoms with E-state index < -0.39 is 0 Å². The number of amides is 1. The molecule has 1 amide bonds. The number of hydrogen-bond donors (Lipinski definition) is 1. The number of carbonyl (C=O) groups excluding carboxylic acids is 1. The second kappa shape index (κ2) is 4.65. The Bertz CT molecular complexity index is 486. The maximum atomic E-state index is 11.8. The van der Waals surface area contributed by atoms with Crippen LogP contribution in [0.1, 0.15) is 30.8 Å². The highest BCUT2D eigenvalue weighted by atomic mass is 32.1. The first-order chi connectivity index (χ1) is 7.68. The van der Waals surface area contributed by atoms with Crippen LogP contribution in [-0.4, -0.2) is 21.8 Å². The fourth-order valence-electron chi connectivity index (χ4n) is 1.45. The number of thiazole rings is 1. The Morgan fingerprint density at radius 3 is 3.19 bits per heavy atom. The zero-order valence-electron chi connectivity index (χ0n) is 9.43. The number of nitrogens with zero attached hydrogens (tertiary/aromatic N) is 2. The van der Waals surface area contributed by atoms with Gasteiger partial charge in [0.15, 0.2) is 4.96 Å². The number of hydrogen-bond acceptors (Lipinski definition) is 3. The summed E-state index contributed by atoms with van der Waals surface area (Å²) in [5.74, 6) is 0.584. The van der Waals surface area contributed by atoms with E-state index in [1.807, 2.05) is 16.0 Å². The number of imidazole rings is 1. The van der Waals surface area contributed by atoms with Crippen LogP contribution >= 0.6 is 11.3 Å². The Hall–Kier alpha value is -1.36. The fourth-order valence-corrected chi connectivity index (χ4v) is 2.29. The van der Waals surface area contributed by atoms with Crippen LogP contribution in [0.3, 0.4) is 0 Å². The van der Waals surface area contributed by atoms with E-state index in [2.05, 4.69) is 24.1 Å². The summed E-state index contributed by atoms with van der Waals surface area (Å²) in [6.45, 7) is 5.01. The molecule has 0 aliphatic heterocycles. The molecule has 0 fully saturated rings. The number of aromatic nitrogens is 2. The van der Waals surface area contributed by atoms with Gasteiger partial charge in [-0.15, -0.1) is 11.3 Å². The highest BCUT2D eigenvalue weighted by Crippen LogP contribution is 2.14. The van der Waals surface area contributed by atoms with E-state index >= 15 is 0 Å². The monoisotopic (exact) mass is 237 g/mol. The Morgan fingerprint density at radius 1 is 1.62 bits per heavy atom. The molecule has 0 bridgehead atoms. The van der Waals surface area contributed by atoms with E-state index in [9.17, 15) is 4.79 Å². The summed E-state index contributed by atoms with van der Waals surface area (Å²) in [7, 11) is 0. The van der Waals surface area contributed by atoms with Crippen molar-refractivity contribution < 1.29 is 4.79 Å². The van der Waals surface area contributed by atoms with E-state index in [-0.39, 0.29) is 5.91 Å². The van der Waals surface area contributed by atoms with E-state index in [1.54, 1.807) is 6.20 Å². The Labute approximate surface area is 98.3 Å². The van der Waals surface area contributed by atoms with Crippen molar-refractivity contribution in [2.75, 3.05) is 6.54 Å². The lowest BCUT2D eigenvalue weighted by atomic mass is 10.1. The van der Waals surface area contributed by atoms with E-state index in [0.29, 0.717) is 11.6 Å². The number of carbonyl (C=O) groups is 1. The van der Waals surface area contributed by atoms with Gasteiger partial charge in [0, 0.05) is 24.3 Å². The van der Waals surface area contributed by atoms with Crippen LogP contribution in [0.2, 0.25) is 0 Å². The van der Waals surface area contributed by atoms with Crippen molar-refractivity contribution in [2.45, 2.75) is 20.3 Å². The average Bonchev–Trinajstić information content (AvgIpc) is 2.76. The molecule has 0 unspecified atom stereocenters. The van der Waals surface area contributed by atoms with Crippen LogP contribution in [0.15, 0.2) is 17.8 Å². The lowest BCUT2D eigenvalue weighted by Crippen LogP contribution is -2.26. The highest BCUT2D eigenvalue weighted by Gasteiger charge is 2.11. The molecule has 86 valence electrons. The zero-order chi connectivity index (χ0) is 11.5. The van der Waals surface area contributed by atoms with Crippen molar-refractivity contribution >= 4 is 22.2 Å². The molecule has 2 aromatic rings. The second-order valence-corrected chi connectivity index (χ2v) is 4.98. The normalized spacial score (nSPS) is 11.2. The van der Waals surface area contributed by atoms with E-state index in [0.717, 1.165) is 17.9 Å². The molecule has 0 spiro atoms. The molecule has 0 aromatic carbocycles. The summed E-state index contributed by atoms with van der Waals surface area (Å²) in [6.07, 6.45) is 4.52. The van der Waals surface area contributed by atoms with Gasteiger partial charge in [0.25, 0.3) is 5.91 Å². The second-order valence-electron chi connectivity index (χ2n) is 4.14. The summed E-state index contributed by atoms with van der Waals surface area (Å²) >= 11 is 1.48. The molecule has 0 atom stereocenters. The lowest BCUT2D eigenvalue weighted by molar-refractivity contribution is 0.0946. The van der Waals surface area contributed by atoms with Crippen LogP contribution < -0.4 is 5.32 Å². The fraction of sp³-hybridized carbons (Fsp3) is 0.455. The zero-order valence-corrected chi connectivity index (χ0v) is 10.3. The van der Waals surface area contributed by atoms with Gasteiger partial charge < -0.3 is 5.32 Å². The molecule has 2 rings (SSSR count). The summed E-state index contributed by atoms with van der Waals surface area (Å²) < 4.78 is 1.81. The predicted molar refractivity (Wildman–Crippen MR) is 64.9 cm³/mol. The summed E-state index contributed by atoms with van der Waals surface area (Å²) in [6, 6.07) is 0. The largest absolute Gasteiger partial charge is 0.351 e. The van der Waals surface area contributed by atoms with Gasteiger partial charge in [-0.2, -0.15) is 0 Å². The van der Waals surface area contributed by atoms with Crippen molar-refractivity contribution in [1.29, 1.82) is 0 Å². The predicted octanol–water partition coefficient (Wildman–Crippen LogP) is 2.17. The van der Waals surface area contributed by atoms with Gasteiger partial charge in [0.2, 0.25) is 0 Å². The molecule has 2 heterocycles. The van der Waals surface area contributed by atoms with Crippen molar-refractivity contribution in [1.82, 2.24) is 14.7 Å². The number of nitrogens with one attached hydrogen (secondary N) is 1. The molecule has 0 aliphatic rings. The average molecular weight is 237 g/mol. The van der Waals surface area contributed by atoms with Crippen molar-refractivity contribution in [3.63, 3.8) is 0 Å². The van der Waals surface area contributed by atoms with Crippen LogP contribution in [0, 0.1) is 5.92 Å². The summed E-state index contributed by atoms with van der Waals surface area (Å²) in [5, 5.41) is 4.76. The number of rotatable bonds is 4. The lowest BCUT2D eigenvalue weighted by Gasteiger charge is -2.06. The molecule has 2 aromatic heterocycles. The molecule has 0 saturated carbocycles. The molecule has 0 aliphatic carbocycles. The van der Waals surface area contributed by atoms with Crippen molar-refractivity contribution in [3.8, 4) is 0 Å². The maximum absolute atomic E-state index is 11.8. The van der Waals surface area contributed by atoms with E-state index in [4.69, 9.17) is 0 Å². The van der Waals surface area contributed by atoms with Crippen molar-refractivity contribution in [2.24, 2.45) is 5.92 Å². The van der Waals surface area contributed by atoms with Gasteiger partial charge in [0.05, 0.1) is 0 Å². The Balaban J connectivity index is 2.02. The Kier molecular flexibility index (Phi) is 3.24. The van der Waals surface area contributed by atoms with Gasteiger partial charge in [0.1, 0.15) is 5.69 Å². The summed E-state index contributed by atoms with van der Waals surface area (Å²) in [5.41, 5.74) is 0.668. The first-order valence-electron chi connectivity index (χ1n) is 5.37. The molecule has 1 N–H and O–H groups in total. The van der Waals surface area contributed by atoms with Gasteiger partial charge in [-0.1, -0.05) is 13.8 Å². The van der Waals surface area contributed by atoms with Crippen LogP contribution in [0.4, 0.5) is 0 Å². The molecular weight excluding hydrogens is 222 g/mol. The third-order valence-corrected chi connectivity index (χ3v) is 3.24. The molecule has 0 saturated heterocycles. The quantitative estimate of drug-likeness (QED) is 0.885. The van der Waals surface area contributed by atoms with Gasteiger partial charge in [-0.25, -0.2) is 4.98 Å². The smallest absolute Gasteiger partial charge is 0.269 e. The molecule has 4 nitrogen and oxygen atoms in total. The third kappa shape index (κ3) is 2.24. The standard InChI is InChI=1S/C11H15N3OS/c1-8(2)3-4-12-10(15)9-7-16-11-13-5-6-14(9)11/h5-8H,3-4H2,1-2H3,(H,12,15). The Morgan fingerprint density at radius 2 is 2.44 bits per heavy atom. The molecular formula is C11H15N3OS. The van der Waals surface area contributed by atoms with Gasteiger partial charge in [-0.05, 0) is 12.3 Å². The SMILES string of the molecule is CC(C)CCNC(=O)c1csc2nccn12. The van der Waals surface area contributed by atoms with Gasteiger partial charge in [-0.3, -0.25) is 9.20 Å². The van der Waals surface area contributed by atoms with E-state index in [1.165, 1.54) is 11.3 Å². The van der Waals surface area contributed by atoms with Crippen LogP contribution in [0.25, 0.3) is 4.96 Å². The molecule has 16 heavy (non-hydrogen) atoms. The molecule has 0 radical (unpaired) electrons. The van der Waals surface area contributed by atoms with Crippen LogP contribution in [0.5, 0.6) is 0 Å².